The maximum atomic E-state index is 4.38. The summed E-state index contributed by atoms with van der Waals surface area (Å²) in [7, 11) is 2.15. The predicted octanol–water partition coefficient (Wildman–Crippen LogP) is 3.18. The van der Waals surface area contributed by atoms with Crippen molar-refractivity contribution >= 4 is 5.69 Å². The maximum absolute atomic E-state index is 4.38. The number of rotatable bonds is 7. The van der Waals surface area contributed by atoms with Gasteiger partial charge in [-0.05, 0) is 42.8 Å². The lowest BCUT2D eigenvalue weighted by molar-refractivity contribution is 0.726. The summed E-state index contributed by atoms with van der Waals surface area (Å²) >= 11 is 0. The van der Waals surface area contributed by atoms with Crippen molar-refractivity contribution in [1.82, 2.24) is 10.3 Å². The lowest BCUT2D eigenvalue weighted by Gasteiger charge is -2.22. The number of hydrogen-bond acceptors (Lipinski definition) is 3. The molecule has 1 heterocycles. The Bertz CT molecular complexity index is 552. The molecule has 1 aromatic carbocycles. The van der Waals surface area contributed by atoms with Gasteiger partial charge < -0.3 is 10.2 Å². The predicted molar refractivity (Wildman–Crippen MR) is 89.8 cm³/mol. The third-order valence-electron chi connectivity index (χ3n) is 3.68. The van der Waals surface area contributed by atoms with Crippen LogP contribution < -0.4 is 10.2 Å². The fourth-order valence-corrected chi connectivity index (χ4v) is 2.47. The normalized spacial score (nSPS) is 10.6. The van der Waals surface area contributed by atoms with Crippen molar-refractivity contribution in [3.8, 4) is 0 Å². The smallest absolute Gasteiger partial charge is 0.0421 e. The molecule has 0 radical (unpaired) electrons. The zero-order chi connectivity index (χ0) is 15.1. The monoisotopic (exact) mass is 283 g/mol. The molecule has 0 unspecified atom stereocenters. The largest absolute Gasteiger partial charge is 0.374 e. The van der Waals surface area contributed by atoms with Crippen molar-refractivity contribution in [2.75, 3.05) is 25.0 Å². The number of aromatic nitrogens is 1. The molecule has 0 fully saturated rings. The summed E-state index contributed by atoms with van der Waals surface area (Å²) in [5.41, 5.74) is 5.11. The molecule has 0 aliphatic carbocycles. The van der Waals surface area contributed by atoms with E-state index in [2.05, 4.69) is 60.4 Å². The highest BCUT2D eigenvalue weighted by atomic mass is 15.1. The zero-order valence-electron chi connectivity index (χ0n) is 13.3. The first kappa shape index (κ1) is 15.5. The molecule has 0 saturated carbocycles. The van der Waals surface area contributed by atoms with E-state index >= 15 is 0 Å². The number of nitrogens with zero attached hydrogens (tertiary/aromatic N) is 2. The van der Waals surface area contributed by atoms with Crippen LogP contribution in [0.1, 0.15) is 23.7 Å². The summed E-state index contributed by atoms with van der Waals surface area (Å²) in [6.07, 6.45) is 2.83. The molecule has 112 valence electrons. The van der Waals surface area contributed by atoms with Crippen molar-refractivity contribution in [3.63, 3.8) is 0 Å². The van der Waals surface area contributed by atoms with Crippen LogP contribution in [0.25, 0.3) is 0 Å². The second-order valence-electron chi connectivity index (χ2n) is 5.39. The molecular weight excluding hydrogens is 258 g/mol. The van der Waals surface area contributed by atoms with Gasteiger partial charge in [-0.15, -0.1) is 0 Å². The van der Waals surface area contributed by atoms with E-state index in [4.69, 9.17) is 0 Å². The van der Waals surface area contributed by atoms with Crippen LogP contribution in [0.15, 0.2) is 42.6 Å². The Morgan fingerprint density at radius 1 is 1.19 bits per heavy atom. The topological polar surface area (TPSA) is 28.2 Å². The van der Waals surface area contributed by atoms with Gasteiger partial charge in [-0.3, -0.25) is 4.98 Å². The fraction of sp³-hybridized carbons (Fsp3) is 0.389. The maximum Gasteiger partial charge on any atom is 0.0421 e. The van der Waals surface area contributed by atoms with Gasteiger partial charge in [0.1, 0.15) is 0 Å². The SMILES string of the molecule is CCNCc1ccc(N(C)CCc2ccccn2)c(C)c1. The van der Waals surface area contributed by atoms with E-state index in [0.717, 1.165) is 31.7 Å². The number of nitrogens with one attached hydrogen (secondary N) is 1. The van der Waals surface area contributed by atoms with Crippen LogP contribution in [0.5, 0.6) is 0 Å². The number of pyridine rings is 1. The van der Waals surface area contributed by atoms with Gasteiger partial charge in [-0.25, -0.2) is 0 Å². The summed E-state index contributed by atoms with van der Waals surface area (Å²) in [5.74, 6) is 0. The zero-order valence-corrected chi connectivity index (χ0v) is 13.3. The van der Waals surface area contributed by atoms with Crippen molar-refractivity contribution in [2.45, 2.75) is 26.8 Å². The number of likely N-dealkylation sites (N-methyl/N-ethyl adjacent to an activating group) is 1. The number of anilines is 1. The van der Waals surface area contributed by atoms with Crippen LogP contribution in [0.2, 0.25) is 0 Å². The van der Waals surface area contributed by atoms with Crippen LogP contribution in [-0.2, 0) is 13.0 Å². The van der Waals surface area contributed by atoms with Crippen molar-refractivity contribution < 1.29 is 0 Å². The second-order valence-corrected chi connectivity index (χ2v) is 5.39. The Balaban J connectivity index is 1.97. The lowest BCUT2D eigenvalue weighted by Crippen LogP contribution is -2.21. The Hall–Kier alpha value is -1.87. The molecule has 3 nitrogen and oxygen atoms in total. The molecule has 0 bridgehead atoms. The first-order valence-corrected chi connectivity index (χ1v) is 7.62. The van der Waals surface area contributed by atoms with Crippen LogP contribution in [-0.4, -0.2) is 25.1 Å². The summed E-state index contributed by atoms with van der Waals surface area (Å²) in [4.78, 5) is 6.69. The molecule has 21 heavy (non-hydrogen) atoms. The molecule has 1 N–H and O–H groups in total. The lowest BCUT2D eigenvalue weighted by atomic mass is 10.1. The van der Waals surface area contributed by atoms with Gasteiger partial charge >= 0.3 is 0 Å². The molecule has 1 aromatic heterocycles. The standard InChI is InChI=1S/C18H25N3/c1-4-19-14-16-8-9-18(15(2)13-16)21(3)12-10-17-7-5-6-11-20-17/h5-9,11,13,19H,4,10,12,14H2,1-3H3. The van der Waals surface area contributed by atoms with Crippen molar-refractivity contribution in [2.24, 2.45) is 0 Å². The highest BCUT2D eigenvalue weighted by molar-refractivity contribution is 5.54. The Morgan fingerprint density at radius 2 is 2.05 bits per heavy atom. The number of hydrogen-bond donors (Lipinski definition) is 1. The summed E-state index contributed by atoms with van der Waals surface area (Å²) < 4.78 is 0. The van der Waals surface area contributed by atoms with E-state index in [0.29, 0.717) is 0 Å². The number of aryl methyl sites for hydroxylation is 1. The quantitative estimate of drug-likeness (QED) is 0.846. The van der Waals surface area contributed by atoms with E-state index in [1.165, 1.54) is 16.8 Å². The van der Waals surface area contributed by atoms with Gasteiger partial charge in [0.05, 0.1) is 0 Å². The van der Waals surface area contributed by atoms with E-state index < -0.39 is 0 Å². The van der Waals surface area contributed by atoms with E-state index in [1.54, 1.807) is 0 Å². The van der Waals surface area contributed by atoms with Crippen LogP contribution in [0, 0.1) is 6.92 Å². The number of benzene rings is 1. The average molecular weight is 283 g/mol. The third kappa shape index (κ3) is 4.57. The van der Waals surface area contributed by atoms with Crippen LogP contribution >= 0.6 is 0 Å². The fourth-order valence-electron chi connectivity index (χ4n) is 2.47. The van der Waals surface area contributed by atoms with Crippen molar-refractivity contribution in [3.05, 3.63) is 59.4 Å². The molecule has 0 saturated heterocycles. The average Bonchev–Trinajstić information content (AvgIpc) is 2.51. The Morgan fingerprint density at radius 3 is 2.71 bits per heavy atom. The molecule has 3 heteroatoms. The van der Waals surface area contributed by atoms with Gasteiger partial charge in [0.2, 0.25) is 0 Å². The summed E-state index contributed by atoms with van der Waals surface area (Å²) in [6, 6.07) is 12.8. The molecule has 0 aliphatic rings. The van der Waals surface area contributed by atoms with Gasteiger partial charge in [-0.2, -0.15) is 0 Å². The third-order valence-corrected chi connectivity index (χ3v) is 3.68. The second kappa shape index (κ2) is 7.79. The summed E-state index contributed by atoms with van der Waals surface area (Å²) in [6.45, 7) is 7.24. The minimum Gasteiger partial charge on any atom is -0.374 e. The van der Waals surface area contributed by atoms with Gasteiger partial charge in [0.25, 0.3) is 0 Å². The molecule has 0 amide bonds. The Kier molecular flexibility index (Phi) is 5.76. The van der Waals surface area contributed by atoms with Crippen molar-refractivity contribution in [1.29, 1.82) is 0 Å². The minimum absolute atomic E-state index is 0.940. The minimum atomic E-state index is 0.940. The van der Waals surface area contributed by atoms with Crippen LogP contribution in [0.3, 0.4) is 0 Å². The first-order valence-electron chi connectivity index (χ1n) is 7.62. The van der Waals surface area contributed by atoms with E-state index in [-0.39, 0.29) is 0 Å². The molecule has 2 aromatic rings. The van der Waals surface area contributed by atoms with Gasteiger partial charge in [0, 0.05) is 44.1 Å². The van der Waals surface area contributed by atoms with Gasteiger partial charge in [0.15, 0.2) is 0 Å². The van der Waals surface area contributed by atoms with Gasteiger partial charge in [-0.1, -0.05) is 25.1 Å². The highest BCUT2D eigenvalue weighted by Gasteiger charge is 2.06. The Labute approximate surface area is 128 Å². The molecule has 2 rings (SSSR count). The van der Waals surface area contributed by atoms with Crippen LogP contribution in [0.4, 0.5) is 5.69 Å². The van der Waals surface area contributed by atoms with E-state index in [9.17, 15) is 0 Å². The summed E-state index contributed by atoms with van der Waals surface area (Å²) in [5, 5.41) is 3.37. The molecule has 0 aliphatic heterocycles. The molecular formula is C18H25N3. The first-order chi connectivity index (χ1) is 10.2. The molecule has 0 atom stereocenters. The highest BCUT2D eigenvalue weighted by Crippen LogP contribution is 2.20. The van der Waals surface area contributed by atoms with E-state index in [1.807, 2.05) is 18.3 Å². The molecule has 0 spiro atoms.